The Morgan fingerprint density at radius 1 is 1.20 bits per heavy atom. The molecule has 2 rings (SSSR count). The normalized spacial score (nSPS) is 10.3. The average Bonchev–Trinajstić information content (AvgIpc) is 2.46. The molecule has 2 aromatic rings. The van der Waals surface area contributed by atoms with Gasteiger partial charge in [-0.15, -0.1) is 11.8 Å². The van der Waals surface area contributed by atoms with E-state index < -0.39 is 0 Å². The van der Waals surface area contributed by atoms with Crippen molar-refractivity contribution in [3.63, 3.8) is 0 Å². The first-order valence-electron chi connectivity index (χ1n) is 6.21. The number of hydrogen-bond acceptors (Lipinski definition) is 3. The Morgan fingerprint density at radius 2 is 2.00 bits per heavy atom. The van der Waals surface area contributed by atoms with Crippen molar-refractivity contribution < 1.29 is 9.53 Å². The van der Waals surface area contributed by atoms with Gasteiger partial charge < -0.3 is 4.74 Å². The summed E-state index contributed by atoms with van der Waals surface area (Å²) in [6.45, 7) is 0. The van der Waals surface area contributed by atoms with Crippen molar-refractivity contribution in [2.45, 2.75) is 11.3 Å². The van der Waals surface area contributed by atoms with Crippen LogP contribution in [0.3, 0.4) is 0 Å². The van der Waals surface area contributed by atoms with E-state index in [-0.39, 0.29) is 5.78 Å². The van der Waals surface area contributed by atoms with Crippen LogP contribution in [-0.4, -0.2) is 18.6 Å². The summed E-state index contributed by atoms with van der Waals surface area (Å²) in [5.41, 5.74) is 0.940. The quantitative estimate of drug-likeness (QED) is 0.724. The Balaban J connectivity index is 1.93. The molecule has 0 aliphatic rings. The predicted molar refractivity (Wildman–Crippen MR) is 86.6 cm³/mol. The molecule has 4 heteroatoms. The maximum Gasteiger partial charge on any atom is 0.147 e. The number of ketones is 1. The molecule has 0 saturated carbocycles. The number of hydrogen-bond donors (Lipinski definition) is 0. The fourth-order valence-corrected chi connectivity index (χ4v) is 3.20. The van der Waals surface area contributed by atoms with Crippen LogP contribution in [0.5, 0.6) is 5.75 Å². The van der Waals surface area contributed by atoms with E-state index in [0.717, 1.165) is 20.7 Å². The summed E-state index contributed by atoms with van der Waals surface area (Å²) in [4.78, 5) is 13.1. The highest BCUT2D eigenvalue weighted by Gasteiger charge is 2.09. The molecule has 0 bridgehead atoms. The zero-order valence-electron chi connectivity index (χ0n) is 11.1. The zero-order valence-corrected chi connectivity index (χ0v) is 13.5. The minimum absolute atomic E-state index is 0.194. The van der Waals surface area contributed by atoms with Crippen LogP contribution in [0.2, 0.25) is 0 Å². The number of rotatable bonds is 6. The Morgan fingerprint density at radius 3 is 2.75 bits per heavy atom. The molecule has 0 radical (unpaired) electrons. The number of ether oxygens (including phenoxy) is 1. The monoisotopic (exact) mass is 350 g/mol. The molecule has 0 unspecified atom stereocenters. The number of para-hydroxylation sites is 1. The van der Waals surface area contributed by atoms with Crippen molar-refractivity contribution in [2.75, 3.05) is 12.9 Å². The van der Waals surface area contributed by atoms with E-state index in [9.17, 15) is 4.79 Å². The average molecular weight is 351 g/mol. The van der Waals surface area contributed by atoms with E-state index in [4.69, 9.17) is 4.74 Å². The van der Waals surface area contributed by atoms with Crippen LogP contribution in [-0.2, 0) is 11.2 Å². The van der Waals surface area contributed by atoms with Gasteiger partial charge in [0.1, 0.15) is 11.5 Å². The number of Topliss-reactive ketones (excluding diaryl/α,β-unsaturated/α-hetero) is 1. The lowest BCUT2D eigenvalue weighted by Gasteiger charge is -2.07. The van der Waals surface area contributed by atoms with Gasteiger partial charge in [-0.3, -0.25) is 4.79 Å². The molecule has 0 heterocycles. The maximum absolute atomic E-state index is 12.1. The number of thioether (sulfide) groups is 1. The van der Waals surface area contributed by atoms with Crippen molar-refractivity contribution in [3.8, 4) is 5.75 Å². The number of methoxy groups -OCH3 is 1. The van der Waals surface area contributed by atoms with Crippen molar-refractivity contribution in [3.05, 3.63) is 58.6 Å². The number of benzene rings is 2. The lowest BCUT2D eigenvalue weighted by atomic mass is 10.1. The SMILES string of the molecule is COc1ccccc1CC(=O)CSc1cccc(Br)c1. The third-order valence-electron chi connectivity index (χ3n) is 2.78. The van der Waals surface area contributed by atoms with Crippen LogP contribution >= 0.6 is 27.7 Å². The molecular weight excluding hydrogens is 336 g/mol. The molecule has 0 aromatic heterocycles. The summed E-state index contributed by atoms with van der Waals surface area (Å²) in [5.74, 6) is 1.43. The van der Waals surface area contributed by atoms with Crippen LogP contribution in [0.1, 0.15) is 5.56 Å². The molecule has 0 amide bonds. The van der Waals surface area contributed by atoms with Gasteiger partial charge in [0.25, 0.3) is 0 Å². The molecule has 0 aliphatic heterocycles. The first-order chi connectivity index (χ1) is 9.69. The van der Waals surface area contributed by atoms with Crippen molar-refractivity contribution >= 4 is 33.5 Å². The minimum atomic E-state index is 0.194. The van der Waals surface area contributed by atoms with Gasteiger partial charge in [-0.1, -0.05) is 40.2 Å². The number of halogens is 1. The highest BCUT2D eigenvalue weighted by Crippen LogP contribution is 2.23. The highest BCUT2D eigenvalue weighted by molar-refractivity contribution is 9.10. The van der Waals surface area contributed by atoms with E-state index >= 15 is 0 Å². The van der Waals surface area contributed by atoms with Gasteiger partial charge in [0, 0.05) is 21.4 Å². The summed E-state index contributed by atoms with van der Waals surface area (Å²) in [7, 11) is 1.62. The third-order valence-corrected chi connectivity index (χ3v) is 4.32. The van der Waals surface area contributed by atoms with Crippen LogP contribution in [0.25, 0.3) is 0 Å². The molecule has 0 saturated heterocycles. The number of carbonyl (C=O) groups excluding carboxylic acids is 1. The van der Waals surface area contributed by atoms with E-state index in [1.54, 1.807) is 18.9 Å². The summed E-state index contributed by atoms with van der Waals surface area (Å²) >= 11 is 4.98. The fourth-order valence-electron chi connectivity index (χ4n) is 1.83. The van der Waals surface area contributed by atoms with Gasteiger partial charge in [-0.2, -0.15) is 0 Å². The second-order valence-electron chi connectivity index (χ2n) is 4.27. The van der Waals surface area contributed by atoms with Crippen LogP contribution in [0, 0.1) is 0 Å². The maximum atomic E-state index is 12.1. The highest BCUT2D eigenvalue weighted by atomic mass is 79.9. The molecule has 2 aromatic carbocycles. The summed E-state index contributed by atoms with van der Waals surface area (Å²) in [5, 5.41) is 0. The van der Waals surface area contributed by atoms with E-state index in [1.807, 2.05) is 48.5 Å². The van der Waals surface area contributed by atoms with Crippen molar-refractivity contribution in [1.82, 2.24) is 0 Å². The molecule has 0 spiro atoms. The molecule has 0 fully saturated rings. The first-order valence-corrected chi connectivity index (χ1v) is 7.99. The molecular formula is C16H15BrO2S. The van der Waals surface area contributed by atoms with Gasteiger partial charge in [0.05, 0.1) is 12.9 Å². The molecule has 0 N–H and O–H groups in total. The van der Waals surface area contributed by atoms with E-state index in [2.05, 4.69) is 15.9 Å². The Bertz CT molecular complexity index is 599. The Kier molecular flexibility index (Phi) is 5.68. The van der Waals surface area contributed by atoms with Crippen molar-refractivity contribution in [1.29, 1.82) is 0 Å². The standard InChI is InChI=1S/C16H15BrO2S/c1-19-16-8-3-2-5-12(16)9-14(18)11-20-15-7-4-6-13(17)10-15/h2-8,10H,9,11H2,1H3. The first kappa shape index (κ1) is 15.1. The van der Waals surface area contributed by atoms with Gasteiger partial charge in [-0.25, -0.2) is 0 Å². The summed E-state index contributed by atoms with van der Waals surface area (Å²) in [6, 6.07) is 15.6. The second kappa shape index (κ2) is 7.50. The van der Waals surface area contributed by atoms with E-state index in [0.29, 0.717) is 12.2 Å². The predicted octanol–water partition coefficient (Wildman–Crippen LogP) is 4.36. The van der Waals surface area contributed by atoms with E-state index in [1.165, 1.54) is 0 Å². The zero-order chi connectivity index (χ0) is 14.4. The number of carbonyl (C=O) groups is 1. The van der Waals surface area contributed by atoms with Crippen molar-refractivity contribution in [2.24, 2.45) is 0 Å². The molecule has 20 heavy (non-hydrogen) atoms. The lowest BCUT2D eigenvalue weighted by molar-refractivity contribution is -0.116. The van der Waals surface area contributed by atoms with Gasteiger partial charge in [0.15, 0.2) is 0 Å². The third kappa shape index (κ3) is 4.39. The topological polar surface area (TPSA) is 26.3 Å². The van der Waals surface area contributed by atoms with Crippen LogP contribution in [0.15, 0.2) is 57.9 Å². The molecule has 2 nitrogen and oxygen atoms in total. The van der Waals surface area contributed by atoms with Gasteiger partial charge in [-0.05, 0) is 24.3 Å². The molecule has 0 aliphatic carbocycles. The van der Waals surface area contributed by atoms with Gasteiger partial charge in [0.2, 0.25) is 0 Å². The fraction of sp³-hybridized carbons (Fsp3) is 0.188. The summed E-state index contributed by atoms with van der Waals surface area (Å²) < 4.78 is 6.29. The molecule has 104 valence electrons. The lowest BCUT2D eigenvalue weighted by Crippen LogP contribution is -2.06. The largest absolute Gasteiger partial charge is 0.496 e. The Hall–Kier alpha value is -1.26. The van der Waals surface area contributed by atoms with Crippen LogP contribution in [0.4, 0.5) is 0 Å². The molecule has 0 atom stereocenters. The second-order valence-corrected chi connectivity index (χ2v) is 6.24. The van der Waals surface area contributed by atoms with Gasteiger partial charge >= 0.3 is 0 Å². The minimum Gasteiger partial charge on any atom is -0.496 e. The Labute approximate surface area is 131 Å². The summed E-state index contributed by atoms with van der Waals surface area (Å²) in [6.07, 6.45) is 0.408. The van der Waals surface area contributed by atoms with Crippen LogP contribution < -0.4 is 4.74 Å². The smallest absolute Gasteiger partial charge is 0.147 e.